The van der Waals surface area contributed by atoms with E-state index in [1.54, 1.807) is 18.2 Å². The van der Waals surface area contributed by atoms with Crippen molar-refractivity contribution < 1.29 is 9.53 Å². The number of rotatable bonds is 3. The average Bonchev–Trinajstić information content (AvgIpc) is 3.00. The van der Waals surface area contributed by atoms with Gasteiger partial charge in [-0.25, -0.2) is 0 Å². The molecule has 1 aromatic carbocycles. The summed E-state index contributed by atoms with van der Waals surface area (Å²) in [4.78, 5) is 14.0. The summed E-state index contributed by atoms with van der Waals surface area (Å²) in [6.07, 6.45) is 0. The van der Waals surface area contributed by atoms with Gasteiger partial charge in [0, 0.05) is 32.2 Å². The number of benzene rings is 1. The van der Waals surface area contributed by atoms with Gasteiger partial charge in [0.05, 0.1) is 10.0 Å². The normalized spacial score (nSPS) is 24.8. The summed E-state index contributed by atoms with van der Waals surface area (Å²) < 4.78 is 5.49. The average molecular weight is 315 g/mol. The Kier molecular flexibility index (Phi) is 4.06. The van der Waals surface area contributed by atoms with Gasteiger partial charge in [-0.15, -0.1) is 0 Å². The van der Waals surface area contributed by atoms with Crippen LogP contribution in [-0.2, 0) is 4.79 Å². The standard InChI is InChI=1S/C14H16Cl2N2O2/c15-12-2-1-11(3-13(12)16)20-8-14(19)18-6-9-4-17-5-10(9)7-18/h1-3,9-10,17H,4-8H2/t9-,10+. The number of amides is 1. The van der Waals surface area contributed by atoms with Gasteiger partial charge in [0.25, 0.3) is 5.91 Å². The van der Waals surface area contributed by atoms with Crippen molar-refractivity contribution in [3.05, 3.63) is 28.2 Å². The second-order valence-corrected chi connectivity index (χ2v) is 6.16. The van der Waals surface area contributed by atoms with Crippen molar-refractivity contribution in [2.45, 2.75) is 0 Å². The van der Waals surface area contributed by atoms with E-state index >= 15 is 0 Å². The van der Waals surface area contributed by atoms with Gasteiger partial charge in [-0.2, -0.15) is 0 Å². The quantitative estimate of drug-likeness (QED) is 0.928. The largest absolute Gasteiger partial charge is 0.484 e. The van der Waals surface area contributed by atoms with Crippen LogP contribution < -0.4 is 10.1 Å². The first-order valence-electron chi connectivity index (χ1n) is 6.70. The number of likely N-dealkylation sites (tertiary alicyclic amines) is 1. The van der Waals surface area contributed by atoms with Gasteiger partial charge in [0.1, 0.15) is 5.75 Å². The number of ether oxygens (including phenoxy) is 1. The molecule has 2 aliphatic rings. The first-order valence-corrected chi connectivity index (χ1v) is 7.45. The minimum absolute atomic E-state index is 0.0328. The molecule has 2 fully saturated rings. The molecule has 6 heteroatoms. The Morgan fingerprint density at radius 3 is 2.60 bits per heavy atom. The number of nitrogens with one attached hydrogen (secondary N) is 1. The van der Waals surface area contributed by atoms with Crippen molar-refractivity contribution >= 4 is 29.1 Å². The third-order valence-electron chi connectivity index (χ3n) is 4.00. The summed E-state index contributed by atoms with van der Waals surface area (Å²) in [5, 5.41) is 4.26. The Balaban J connectivity index is 1.53. The third kappa shape index (κ3) is 2.87. The molecular weight excluding hydrogens is 299 g/mol. The Hall–Kier alpha value is -0.970. The van der Waals surface area contributed by atoms with Crippen LogP contribution in [-0.4, -0.2) is 43.6 Å². The zero-order valence-electron chi connectivity index (χ0n) is 10.9. The molecule has 1 amide bonds. The van der Waals surface area contributed by atoms with E-state index in [4.69, 9.17) is 27.9 Å². The van der Waals surface area contributed by atoms with Crippen LogP contribution in [0.15, 0.2) is 18.2 Å². The van der Waals surface area contributed by atoms with E-state index in [9.17, 15) is 4.79 Å². The molecule has 108 valence electrons. The maximum atomic E-state index is 12.1. The molecule has 4 nitrogen and oxygen atoms in total. The molecule has 2 atom stereocenters. The number of hydrogen-bond donors (Lipinski definition) is 1. The predicted molar refractivity (Wildman–Crippen MR) is 78.4 cm³/mol. The first-order chi connectivity index (χ1) is 9.63. The van der Waals surface area contributed by atoms with Crippen molar-refractivity contribution in [2.75, 3.05) is 32.8 Å². The third-order valence-corrected chi connectivity index (χ3v) is 4.73. The van der Waals surface area contributed by atoms with E-state index in [0.717, 1.165) is 26.2 Å². The van der Waals surface area contributed by atoms with Crippen LogP contribution in [0.2, 0.25) is 10.0 Å². The van der Waals surface area contributed by atoms with Gasteiger partial charge in [-0.3, -0.25) is 4.79 Å². The highest BCUT2D eigenvalue weighted by molar-refractivity contribution is 6.42. The van der Waals surface area contributed by atoms with E-state index in [1.165, 1.54) is 0 Å². The first kappa shape index (κ1) is 14.0. The minimum Gasteiger partial charge on any atom is -0.484 e. The SMILES string of the molecule is O=C(COc1ccc(Cl)c(Cl)c1)N1C[C@H]2CNC[C@H]2C1. The summed E-state index contributed by atoms with van der Waals surface area (Å²) in [6, 6.07) is 5.00. The van der Waals surface area contributed by atoms with Gasteiger partial charge < -0.3 is 15.0 Å². The number of carbonyl (C=O) groups is 1. The monoisotopic (exact) mass is 314 g/mol. The minimum atomic E-state index is 0.0328. The Morgan fingerprint density at radius 2 is 1.95 bits per heavy atom. The Labute approximate surface area is 128 Å². The van der Waals surface area contributed by atoms with Crippen LogP contribution >= 0.6 is 23.2 Å². The van der Waals surface area contributed by atoms with Crippen molar-refractivity contribution in [3.8, 4) is 5.75 Å². The Morgan fingerprint density at radius 1 is 1.25 bits per heavy atom. The summed E-state index contributed by atoms with van der Waals surface area (Å²) in [5.41, 5.74) is 0. The zero-order valence-corrected chi connectivity index (χ0v) is 12.5. The lowest BCUT2D eigenvalue weighted by Gasteiger charge is -2.17. The van der Waals surface area contributed by atoms with Crippen LogP contribution in [0.4, 0.5) is 0 Å². The van der Waals surface area contributed by atoms with Gasteiger partial charge in [0.15, 0.2) is 6.61 Å². The second kappa shape index (κ2) is 5.80. The number of nitrogens with zero attached hydrogens (tertiary/aromatic N) is 1. The highest BCUT2D eigenvalue weighted by Crippen LogP contribution is 2.28. The Bertz CT molecular complexity index is 512. The molecule has 0 unspecified atom stereocenters. The van der Waals surface area contributed by atoms with Crippen molar-refractivity contribution in [3.63, 3.8) is 0 Å². The van der Waals surface area contributed by atoms with E-state index in [-0.39, 0.29) is 12.5 Å². The fraction of sp³-hybridized carbons (Fsp3) is 0.500. The molecule has 0 saturated carbocycles. The molecule has 0 bridgehead atoms. The molecule has 1 N–H and O–H groups in total. The maximum absolute atomic E-state index is 12.1. The molecule has 2 heterocycles. The van der Waals surface area contributed by atoms with Crippen molar-refractivity contribution in [1.82, 2.24) is 10.2 Å². The lowest BCUT2D eigenvalue weighted by atomic mass is 10.0. The number of carbonyl (C=O) groups excluding carboxylic acids is 1. The van der Waals surface area contributed by atoms with Gasteiger partial charge in [-0.1, -0.05) is 23.2 Å². The molecule has 1 aromatic rings. The summed E-state index contributed by atoms with van der Waals surface area (Å²) >= 11 is 11.7. The molecule has 0 aliphatic carbocycles. The molecule has 0 spiro atoms. The van der Waals surface area contributed by atoms with Crippen molar-refractivity contribution in [1.29, 1.82) is 0 Å². The van der Waals surface area contributed by atoms with Gasteiger partial charge in [-0.05, 0) is 24.0 Å². The van der Waals surface area contributed by atoms with Crippen LogP contribution in [0.1, 0.15) is 0 Å². The van der Waals surface area contributed by atoms with Gasteiger partial charge >= 0.3 is 0 Å². The molecule has 0 radical (unpaired) electrons. The molecule has 20 heavy (non-hydrogen) atoms. The summed E-state index contributed by atoms with van der Waals surface area (Å²) in [6.45, 7) is 3.75. The molecular formula is C14H16Cl2N2O2. The number of fused-ring (bicyclic) bond motifs is 1. The van der Waals surface area contributed by atoms with E-state index in [2.05, 4.69) is 5.32 Å². The van der Waals surface area contributed by atoms with Crippen LogP contribution in [0, 0.1) is 11.8 Å². The van der Waals surface area contributed by atoms with Crippen LogP contribution in [0.3, 0.4) is 0 Å². The molecule has 2 aliphatic heterocycles. The smallest absolute Gasteiger partial charge is 0.260 e. The predicted octanol–water partition coefficient (Wildman–Crippen LogP) is 2.05. The van der Waals surface area contributed by atoms with E-state index in [0.29, 0.717) is 27.6 Å². The summed E-state index contributed by atoms with van der Waals surface area (Å²) in [5.74, 6) is 1.80. The van der Waals surface area contributed by atoms with E-state index in [1.807, 2.05) is 4.90 Å². The fourth-order valence-corrected chi connectivity index (χ4v) is 3.15. The highest BCUT2D eigenvalue weighted by Gasteiger charge is 2.37. The number of hydrogen-bond acceptors (Lipinski definition) is 3. The fourth-order valence-electron chi connectivity index (χ4n) is 2.86. The number of halogens is 2. The lowest BCUT2D eigenvalue weighted by molar-refractivity contribution is -0.132. The molecule has 2 saturated heterocycles. The topological polar surface area (TPSA) is 41.6 Å². The zero-order chi connectivity index (χ0) is 14.1. The van der Waals surface area contributed by atoms with Crippen LogP contribution in [0.5, 0.6) is 5.75 Å². The maximum Gasteiger partial charge on any atom is 0.260 e. The molecule has 0 aromatic heterocycles. The van der Waals surface area contributed by atoms with Crippen LogP contribution in [0.25, 0.3) is 0 Å². The highest BCUT2D eigenvalue weighted by atomic mass is 35.5. The van der Waals surface area contributed by atoms with Gasteiger partial charge in [0.2, 0.25) is 0 Å². The second-order valence-electron chi connectivity index (χ2n) is 5.34. The van der Waals surface area contributed by atoms with E-state index < -0.39 is 0 Å². The molecule has 3 rings (SSSR count). The van der Waals surface area contributed by atoms with Crippen molar-refractivity contribution in [2.24, 2.45) is 11.8 Å². The summed E-state index contributed by atoms with van der Waals surface area (Å²) in [7, 11) is 0. The lowest BCUT2D eigenvalue weighted by Crippen LogP contribution is -2.35.